The van der Waals surface area contributed by atoms with Crippen molar-refractivity contribution >= 4 is 46.7 Å². The van der Waals surface area contributed by atoms with Gasteiger partial charge in [0.05, 0.1) is 0 Å². The van der Waals surface area contributed by atoms with E-state index in [1.54, 1.807) is 28.8 Å². The minimum Gasteiger partial charge on any atom is -0.308 e. The third-order valence-electron chi connectivity index (χ3n) is 3.41. The summed E-state index contributed by atoms with van der Waals surface area (Å²) in [6, 6.07) is 14.7. The smallest absolute Gasteiger partial charge is 0.308 e. The molecule has 3 nitrogen and oxygen atoms in total. The number of urea groups is 1. The van der Waals surface area contributed by atoms with Gasteiger partial charge in [0.2, 0.25) is 0 Å². The van der Waals surface area contributed by atoms with E-state index in [0.717, 1.165) is 17.0 Å². The van der Waals surface area contributed by atoms with Gasteiger partial charge in [0.1, 0.15) is 5.37 Å². The third kappa shape index (κ3) is 3.35. The van der Waals surface area contributed by atoms with Crippen molar-refractivity contribution in [1.29, 1.82) is 0 Å². The van der Waals surface area contributed by atoms with Crippen molar-refractivity contribution in [2.75, 3.05) is 17.6 Å². The molecule has 3 rings (SSSR count). The Morgan fingerprint density at radius 1 is 1.18 bits per heavy atom. The number of anilines is 1. The lowest BCUT2D eigenvalue weighted by Crippen LogP contribution is -2.34. The number of nitrogens with zero attached hydrogens (tertiary/aromatic N) is 1. The number of benzene rings is 2. The second-order valence-corrected chi connectivity index (χ2v) is 6.91. The molecule has 0 aromatic heterocycles. The molecule has 1 aliphatic rings. The second-order valence-electron chi connectivity index (χ2n) is 4.88. The maximum atomic E-state index is 12.5. The summed E-state index contributed by atoms with van der Waals surface area (Å²) in [5.74, 6) is 0.881. The number of nitrogens with one attached hydrogen (secondary N) is 1. The number of hydrogen-bond donors (Lipinski definition) is 1. The van der Waals surface area contributed by atoms with Crippen LogP contribution >= 0.6 is 35.0 Å². The van der Waals surface area contributed by atoms with E-state index in [-0.39, 0.29) is 11.4 Å². The van der Waals surface area contributed by atoms with Crippen molar-refractivity contribution < 1.29 is 4.79 Å². The predicted octanol–water partition coefficient (Wildman–Crippen LogP) is 5.27. The summed E-state index contributed by atoms with van der Waals surface area (Å²) in [7, 11) is 0. The van der Waals surface area contributed by atoms with Crippen LogP contribution in [0.4, 0.5) is 10.5 Å². The predicted molar refractivity (Wildman–Crippen MR) is 93.8 cm³/mol. The lowest BCUT2D eigenvalue weighted by Gasteiger charge is -2.25. The average molecular weight is 353 g/mol. The highest BCUT2D eigenvalue weighted by Gasteiger charge is 2.32. The van der Waals surface area contributed by atoms with Gasteiger partial charge in [-0.15, -0.1) is 11.8 Å². The van der Waals surface area contributed by atoms with E-state index in [4.69, 9.17) is 23.2 Å². The fourth-order valence-electron chi connectivity index (χ4n) is 2.35. The van der Waals surface area contributed by atoms with E-state index < -0.39 is 0 Å². The second kappa shape index (κ2) is 6.82. The van der Waals surface area contributed by atoms with Gasteiger partial charge >= 0.3 is 6.03 Å². The molecule has 1 saturated heterocycles. The molecule has 0 spiro atoms. The molecule has 1 N–H and O–H groups in total. The number of rotatable bonds is 2. The zero-order valence-electron chi connectivity index (χ0n) is 11.6. The number of carbonyl (C=O) groups excluding carboxylic acids is 1. The maximum Gasteiger partial charge on any atom is 0.323 e. The molecule has 0 aliphatic carbocycles. The van der Waals surface area contributed by atoms with Crippen LogP contribution in [0.5, 0.6) is 0 Å². The third-order valence-corrected chi connectivity index (χ3v) is 5.21. The number of carbonyl (C=O) groups is 1. The summed E-state index contributed by atoms with van der Waals surface area (Å²) in [5.41, 5.74) is 1.70. The van der Waals surface area contributed by atoms with E-state index in [9.17, 15) is 4.79 Å². The molecular weight excluding hydrogens is 339 g/mol. The molecule has 1 atom stereocenters. The molecule has 0 unspecified atom stereocenters. The Hall–Kier alpha value is -1.36. The van der Waals surface area contributed by atoms with Gasteiger partial charge in [0, 0.05) is 33.6 Å². The summed E-state index contributed by atoms with van der Waals surface area (Å²) in [6.07, 6.45) is 0. The first-order valence-corrected chi connectivity index (χ1v) is 8.65. The van der Waals surface area contributed by atoms with E-state index in [2.05, 4.69) is 5.32 Å². The first-order valence-electron chi connectivity index (χ1n) is 6.84. The van der Waals surface area contributed by atoms with Crippen molar-refractivity contribution in [2.45, 2.75) is 5.37 Å². The van der Waals surface area contributed by atoms with Gasteiger partial charge in [0.15, 0.2) is 0 Å². The SMILES string of the molecule is O=C(Nc1ccccc1)N1CCS[C@@H]1c1ccc(Cl)cc1Cl. The molecular formula is C16H14Cl2N2OS. The van der Waals surface area contributed by atoms with E-state index in [1.165, 1.54) is 0 Å². The zero-order valence-corrected chi connectivity index (χ0v) is 14.0. The summed E-state index contributed by atoms with van der Waals surface area (Å²) in [5, 5.41) is 4.01. The first kappa shape index (κ1) is 15.5. The largest absolute Gasteiger partial charge is 0.323 e. The van der Waals surface area contributed by atoms with Crippen LogP contribution in [0.2, 0.25) is 10.0 Å². The fraction of sp³-hybridized carbons (Fsp3) is 0.188. The lowest BCUT2D eigenvalue weighted by molar-refractivity contribution is 0.214. The van der Waals surface area contributed by atoms with Crippen molar-refractivity contribution in [2.24, 2.45) is 0 Å². The molecule has 2 aromatic carbocycles. The van der Waals surface area contributed by atoms with Gasteiger partial charge in [-0.25, -0.2) is 4.79 Å². The number of thioether (sulfide) groups is 1. The number of halogens is 2. The van der Waals surface area contributed by atoms with Crippen LogP contribution in [-0.2, 0) is 0 Å². The molecule has 6 heteroatoms. The van der Waals surface area contributed by atoms with Crippen molar-refractivity contribution in [3.8, 4) is 0 Å². The topological polar surface area (TPSA) is 32.3 Å². The molecule has 2 aromatic rings. The van der Waals surface area contributed by atoms with E-state index >= 15 is 0 Å². The summed E-state index contributed by atoms with van der Waals surface area (Å²) >= 11 is 13.9. The molecule has 1 heterocycles. The van der Waals surface area contributed by atoms with Crippen LogP contribution in [0.15, 0.2) is 48.5 Å². The molecule has 0 saturated carbocycles. The van der Waals surface area contributed by atoms with Gasteiger partial charge in [-0.2, -0.15) is 0 Å². The molecule has 0 bridgehead atoms. The van der Waals surface area contributed by atoms with Crippen LogP contribution < -0.4 is 5.32 Å². The van der Waals surface area contributed by atoms with Crippen molar-refractivity contribution in [3.63, 3.8) is 0 Å². The quantitative estimate of drug-likeness (QED) is 0.797. The first-order chi connectivity index (χ1) is 10.6. The van der Waals surface area contributed by atoms with Crippen LogP contribution in [0.1, 0.15) is 10.9 Å². The monoisotopic (exact) mass is 352 g/mol. The van der Waals surface area contributed by atoms with Crippen LogP contribution in [-0.4, -0.2) is 23.2 Å². The fourth-order valence-corrected chi connectivity index (χ4v) is 4.22. The van der Waals surface area contributed by atoms with Crippen LogP contribution in [0.25, 0.3) is 0 Å². The standard InChI is InChI=1S/C16H14Cl2N2OS/c17-11-6-7-13(14(18)10-11)15-20(8-9-22-15)16(21)19-12-4-2-1-3-5-12/h1-7,10,15H,8-9H2,(H,19,21)/t15-/m1/s1. The Labute approximate surface area is 143 Å². The Morgan fingerprint density at radius 3 is 2.68 bits per heavy atom. The Kier molecular flexibility index (Phi) is 4.81. The molecule has 1 fully saturated rings. The van der Waals surface area contributed by atoms with E-state index in [0.29, 0.717) is 16.6 Å². The average Bonchev–Trinajstić information content (AvgIpc) is 2.97. The van der Waals surface area contributed by atoms with E-state index in [1.807, 2.05) is 36.4 Å². The molecule has 114 valence electrons. The zero-order chi connectivity index (χ0) is 15.5. The maximum absolute atomic E-state index is 12.5. The Morgan fingerprint density at radius 2 is 1.95 bits per heavy atom. The molecule has 22 heavy (non-hydrogen) atoms. The lowest BCUT2D eigenvalue weighted by atomic mass is 10.2. The van der Waals surface area contributed by atoms with Gasteiger partial charge in [-0.05, 0) is 24.3 Å². The summed E-state index contributed by atoms with van der Waals surface area (Å²) in [6.45, 7) is 0.687. The highest BCUT2D eigenvalue weighted by molar-refractivity contribution is 7.99. The molecule has 2 amide bonds. The Balaban J connectivity index is 1.79. The van der Waals surface area contributed by atoms with Gasteiger partial charge in [0.25, 0.3) is 0 Å². The van der Waals surface area contributed by atoms with Crippen molar-refractivity contribution in [1.82, 2.24) is 4.90 Å². The summed E-state index contributed by atoms with van der Waals surface area (Å²) < 4.78 is 0. The highest BCUT2D eigenvalue weighted by Crippen LogP contribution is 2.41. The van der Waals surface area contributed by atoms with Gasteiger partial charge < -0.3 is 10.2 Å². The summed E-state index contributed by atoms with van der Waals surface area (Å²) in [4.78, 5) is 14.3. The minimum absolute atomic E-state index is 0.0894. The Bertz CT molecular complexity index is 681. The number of hydrogen-bond acceptors (Lipinski definition) is 2. The van der Waals surface area contributed by atoms with Crippen LogP contribution in [0, 0.1) is 0 Å². The van der Waals surface area contributed by atoms with Crippen molar-refractivity contribution in [3.05, 3.63) is 64.1 Å². The highest BCUT2D eigenvalue weighted by atomic mass is 35.5. The van der Waals surface area contributed by atoms with Gasteiger partial charge in [-0.1, -0.05) is 47.5 Å². The molecule has 1 aliphatic heterocycles. The van der Waals surface area contributed by atoms with Gasteiger partial charge in [-0.3, -0.25) is 0 Å². The number of amides is 2. The molecule has 0 radical (unpaired) electrons. The van der Waals surface area contributed by atoms with Crippen LogP contribution in [0.3, 0.4) is 0 Å². The normalized spacial score (nSPS) is 17.5. The number of para-hydroxylation sites is 1. The minimum atomic E-state index is -0.118.